The predicted octanol–water partition coefficient (Wildman–Crippen LogP) is 4.61. The second-order valence-electron chi connectivity index (χ2n) is 3.77. The zero-order chi connectivity index (χ0) is 14.8. The van der Waals surface area contributed by atoms with Crippen molar-refractivity contribution in [1.29, 1.82) is 0 Å². The lowest BCUT2D eigenvalue weighted by Gasteiger charge is -2.10. The molecule has 0 spiro atoms. The van der Waals surface area contributed by atoms with Gasteiger partial charge in [0, 0.05) is 11.8 Å². The Bertz CT molecular complexity index is 619. The molecule has 0 saturated carbocycles. The first-order chi connectivity index (χ1) is 9.38. The molecule has 0 aliphatic heterocycles. The Morgan fingerprint density at radius 2 is 1.95 bits per heavy atom. The molecule has 1 aromatic heterocycles. The summed E-state index contributed by atoms with van der Waals surface area (Å²) in [7, 11) is 0. The van der Waals surface area contributed by atoms with Crippen molar-refractivity contribution in [2.24, 2.45) is 0 Å². The molecule has 0 atom stereocenters. The fraction of sp³-hybridized carbons (Fsp3) is 0.167. The van der Waals surface area contributed by atoms with Gasteiger partial charge in [0.15, 0.2) is 5.16 Å². The maximum atomic E-state index is 12.6. The molecule has 0 amide bonds. The van der Waals surface area contributed by atoms with Crippen molar-refractivity contribution in [3.05, 3.63) is 41.0 Å². The largest absolute Gasteiger partial charge is 0.416 e. The second-order valence-corrected chi connectivity index (χ2v) is 4.93. The average Bonchev–Trinajstić information content (AvgIpc) is 2.37. The van der Waals surface area contributed by atoms with E-state index in [9.17, 15) is 13.2 Å². The van der Waals surface area contributed by atoms with E-state index in [-0.39, 0.29) is 10.8 Å². The Hall–Kier alpha value is -1.47. The number of nitrogens with one attached hydrogen (secondary N) is 1. The number of alkyl halides is 3. The topological polar surface area (TPSA) is 37.8 Å². The van der Waals surface area contributed by atoms with Gasteiger partial charge < -0.3 is 5.32 Å². The minimum atomic E-state index is -4.38. The summed E-state index contributed by atoms with van der Waals surface area (Å²) in [6.45, 7) is 0. The lowest BCUT2D eigenvalue weighted by Crippen LogP contribution is -2.05. The second kappa shape index (κ2) is 5.88. The zero-order valence-electron chi connectivity index (χ0n) is 10.2. The SMILES string of the molecule is CSc1nc(Cl)cc(Nc2cccc(C(F)(F)F)c2)n1. The first-order valence-corrected chi connectivity index (χ1v) is 7.01. The van der Waals surface area contributed by atoms with E-state index in [2.05, 4.69) is 15.3 Å². The van der Waals surface area contributed by atoms with Gasteiger partial charge >= 0.3 is 6.18 Å². The van der Waals surface area contributed by atoms with E-state index in [1.165, 1.54) is 30.0 Å². The molecule has 106 valence electrons. The summed E-state index contributed by atoms with van der Waals surface area (Å²) in [5.74, 6) is 0.341. The van der Waals surface area contributed by atoms with Gasteiger partial charge in [-0.2, -0.15) is 13.2 Å². The quantitative estimate of drug-likeness (QED) is 0.509. The van der Waals surface area contributed by atoms with E-state index < -0.39 is 11.7 Å². The van der Waals surface area contributed by atoms with Crippen LogP contribution in [0.2, 0.25) is 5.15 Å². The Balaban J connectivity index is 2.28. The molecule has 3 nitrogen and oxygen atoms in total. The van der Waals surface area contributed by atoms with Crippen LogP contribution in [0, 0.1) is 0 Å². The number of hydrogen-bond donors (Lipinski definition) is 1. The molecule has 8 heteroatoms. The van der Waals surface area contributed by atoms with Crippen molar-refractivity contribution in [3.8, 4) is 0 Å². The number of nitrogens with zero attached hydrogens (tertiary/aromatic N) is 2. The highest BCUT2D eigenvalue weighted by Gasteiger charge is 2.30. The number of rotatable bonds is 3. The lowest BCUT2D eigenvalue weighted by molar-refractivity contribution is -0.137. The summed E-state index contributed by atoms with van der Waals surface area (Å²) in [4.78, 5) is 8.06. The molecule has 2 aromatic rings. The standard InChI is InChI=1S/C12H9ClF3N3S/c1-20-11-18-9(13)6-10(19-11)17-8-4-2-3-7(5-8)12(14,15)16/h2-6H,1H3,(H,17,18,19). The summed E-state index contributed by atoms with van der Waals surface area (Å²) in [6, 6.07) is 6.30. The predicted molar refractivity (Wildman–Crippen MR) is 73.5 cm³/mol. The maximum Gasteiger partial charge on any atom is 0.416 e. The van der Waals surface area contributed by atoms with Crippen LogP contribution in [0.5, 0.6) is 0 Å². The Kier molecular flexibility index (Phi) is 4.39. The van der Waals surface area contributed by atoms with E-state index in [1.807, 2.05) is 0 Å². The third-order valence-corrected chi connectivity index (χ3v) is 3.06. The van der Waals surface area contributed by atoms with Crippen molar-refractivity contribution < 1.29 is 13.2 Å². The van der Waals surface area contributed by atoms with Crippen LogP contribution in [-0.4, -0.2) is 16.2 Å². The molecule has 0 fully saturated rings. The monoisotopic (exact) mass is 319 g/mol. The smallest absolute Gasteiger partial charge is 0.340 e. The van der Waals surface area contributed by atoms with Crippen molar-refractivity contribution in [3.63, 3.8) is 0 Å². The molecule has 0 aliphatic carbocycles. The van der Waals surface area contributed by atoms with Crippen molar-refractivity contribution >= 4 is 34.9 Å². The normalized spacial score (nSPS) is 11.4. The first kappa shape index (κ1) is 14.9. The fourth-order valence-corrected chi connectivity index (χ4v) is 2.09. The minimum absolute atomic E-state index is 0.221. The molecule has 2 rings (SSSR count). The van der Waals surface area contributed by atoms with Gasteiger partial charge in [-0.25, -0.2) is 9.97 Å². The van der Waals surface area contributed by atoms with Gasteiger partial charge in [0.25, 0.3) is 0 Å². The number of benzene rings is 1. The van der Waals surface area contributed by atoms with Gasteiger partial charge in [0.1, 0.15) is 11.0 Å². The molecule has 1 N–H and O–H groups in total. The Morgan fingerprint density at radius 1 is 1.20 bits per heavy atom. The van der Waals surface area contributed by atoms with E-state index in [4.69, 9.17) is 11.6 Å². The molecule has 0 bridgehead atoms. The average molecular weight is 320 g/mol. The maximum absolute atomic E-state index is 12.6. The highest BCUT2D eigenvalue weighted by Crippen LogP contribution is 2.31. The summed E-state index contributed by atoms with van der Waals surface area (Å²) < 4.78 is 37.8. The van der Waals surface area contributed by atoms with Crippen LogP contribution in [0.1, 0.15) is 5.56 Å². The molecule has 0 radical (unpaired) electrons. The van der Waals surface area contributed by atoms with Crippen LogP contribution in [0.25, 0.3) is 0 Å². The number of thioether (sulfide) groups is 1. The fourth-order valence-electron chi connectivity index (χ4n) is 1.47. The molecular formula is C12H9ClF3N3S. The van der Waals surface area contributed by atoms with Crippen LogP contribution in [0.4, 0.5) is 24.7 Å². The van der Waals surface area contributed by atoms with Gasteiger partial charge in [-0.1, -0.05) is 29.4 Å². The van der Waals surface area contributed by atoms with Crippen LogP contribution in [0.15, 0.2) is 35.5 Å². The molecule has 20 heavy (non-hydrogen) atoms. The van der Waals surface area contributed by atoms with E-state index >= 15 is 0 Å². The third-order valence-electron chi connectivity index (χ3n) is 2.32. The van der Waals surface area contributed by atoms with E-state index in [0.717, 1.165) is 12.1 Å². The van der Waals surface area contributed by atoms with Gasteiger partial charge in [-0.3, -0.25) is 0 Å². The molecule has 1 aromatic carbocycles. The van der Waals surface area contributed by atoms with Crippen molar-refractivity contribution in [1.82, 2.24) is 9.97 Å². The lowest BCUT2D eigenvalue weighted by atomic mass is 10.2. The first-order valence-electron chi connectivity index (χ1n) is 5.41. The highest BCUT2D eigenvalue weighted by molar-refractivity contribution is 7.98. The molecule has 0 saturated heterocycles. The molecule has 0 unspecified atom stereocenters. The summed E-state index contributed by atoms with van der Waals surface area (Å²) in [5, 5.41) is 3.44. The van der Waals surface area contributed by atoms with Crippen molar-refractivity contribution in [2.45, 2.75) is 11.3 Å². The number of halogens is 4. The molecular weight excluding hydrogens is 311 g/mol. The van der Waals surface area contributed by atoms with E-state index in [1.54, 1.807) is 6.26 Å². The summed E-state index contributed by atoms with van der Waals surface area (Å²) in [6.07, 6.45) is -2.61. The van der Waals surface area contributed by atoms with Gasteiger partial charge in [-0.05, 0) is 24.5 Å². The Morgan fingerprint density at radius 3 is 2.60 bits per heavy atom. The number of aromatic nitrogens is 2. The number of hydrogen-bond acceptors (Lipinski definition) is 4. The van der Waals surface area contributed by atoms with Gasteiger partial charge in [0.2, 0.25) is 0 Å². The summed E-state index contributed by atoms with van der Waals surface area (Å²) >= 11 is 7.10. The zero-order valence-corrected chi connectivity index (χ0v) is 11.8. The van der Waals surface area contributed by atoms with Gasteiger partial charge in [0.05, 0.1) is 5.56 Å². The summed E-state index contributed by atoms with van der Waals surface area (Å²) in [5.41, 5.74) is -0.450. The minimum Gasteiger partial charge on any atom is -0.340 e. The van der Waals surface area contributed by atoms with Crippen LogP contribution in [-0.2, 0) is 6.18 Å². The van der Waals surface area contributed by atoms with Crippen LogP contribution in [0.3, 0.4) is 0 Å². The third kappa shape index (κ3) is 3.77. The highest BCUT2D eigenvalue weighted by atomic mass is 35.5. The van der Waals surface area contributed by atoms with E-state index in [0.29, 0.717) is 11.0 Å². The Labute approximate surface area is 122 Å². The van der Waals surface area contributed by atoms with Gasteiger partial charge in [-0.15, -0.1) is 0 Å². The molecule has 1 heterocycles. The number of anilines is 2. The molecule has 0 aliphatic rings. The van der Waals surface area contributed by atoms with Crippen LogP contribution < -0.4 is 5.32 Å². The van der Waals surface area contributed by atoms with Crippen LogP contribution >= 0.6 is 23.4 Å². The van der Waals surface area contributed by atoms with Crippen molar-refractivity contribution in [2.75, 3.05) is 11.6 Å².